The summed E-state index contributed by atoms with van der Waals surface area (Å²) >= 11 is 0. The molecular formula is C14H19NO4. The highest BCUT2D eigenvalue weighted by Crippen LogP contribution is 2.26. The van der Waals surface area contributed by atoms with Crippen molar-refractivity contribution in [3.05, 3.63) is 23.8 Å². The first kappa shape index (κ1) is 13.7. The molecule has 1 fully saturated rings. The van der Waals surface area contributed by atoms with Crippen molar-refractivity contribution in [2.45, 2.75) is 19.4 Å². The van der Waals surface area contributed by atoms with Crippen LogP contribution in [0.2, 0.25) is 0 Å². The molecule has 1 aromatic carbocycles. The highest BCUT2D eigenvalue weighted by Gasteiger charge is 2.28. The van der Waals surface area contributed by atoms with E-state index in [0.717, 1.165) is 6.42 Å². The van der Waals surface area contributed by atoms with Crippen LogP contribution in [0.25, 0.3) is 0 Å². The van der Waals surface area contributed by atoms with Crippen molar-refractivity contribution in [1.29, 1.82) is 0 Å². The number of likely N-dealkylation sites (tertiary alicyclic amines) is 1. The molecule has 19 heavy (non-hydrogen) atoms. The number of aliphatic hydroxyl groups excluding tert-OH is 1. The summed E-state index contributed by atoms with van der Waals surface area (Å²) in [6, 6.07) is 4.59. The van der Waals surface area contributed by atoms with Gasteiger partial charge in [0.05, 0.1) is 18.8 Å². The predicted molar refractivity (Wildman–Crippen MR) is 70.4 cm³/mol. The van der Waals surface area contributed by atoms with Gasteiger partial charge < -0.3 is 19.8 Å². The summed E-state index contributed by atoms with van der Waals surface area (Å²) in [5.41, 5.74) is 0.238. The van der Waals surface area contributed by atoms with Crippen LogP contribution in [0.1, 0.15) is 23.7 Å². The number of nitrogens with zero attached hydrogens (tertiary/aromatic N) is 1. The van der Waals surface area contributed by atoms with Crippen LogP contribution in [-0.2, 0) is 0 Å². The average molecular weight is 265 g/mol. The van der Waals surface area contributed by atoms with Crippen LogP contribution in [0.15, 0.2) is 18.2 Å². The van der Waals surface area contributed by atoms with E-state index in [1.165, 1.54) is 13.2 Å². The molecule has 0 bridgehead atoms. The Morgan fingerprint density at radius 1 is 1.47 bits per heavy atom. The molecule has 0 saturated carbocycles. The van der Waals surface area contributed by atoms with Crippen LogP contribution < -0.4 is 4.74 Å². The summed E-state index contributed by atoms with van der Waals surface area (Å²) in [5.74, 6) is 0.346. The molecule has 1 heterocycles. The first-order valence-electron chi connectivity index (χ1n) is 6.37. The van der Waals surface area contributed by atoms with Crippen molar-refractivity contribution < 1.29 is 19.7 Å². The molecule has 1 amide bonds. The Bertz CT molecular complexity index is 475. The second kappa shape index (κ2) is 5.48. The maximum Gasteiger partial charge on any atom is 0.257 e. The maximum absolute atomic E-state index is 12.3. The van der Waals surface area contributed by atoms with Gasteiger partial charge in [-0.2, -0.15) is 0 Å². The van der Waals surface area contributed by atoms with Gasteiger partial charge in [-0.1, -0.05) is 6.92 Å². The van der Waals surface area contributed by atoms with Crippen LogP contribution in [0, 0.1) is 5.92 Å². The molecule has 2 atom stereocenters. The van der Waals surface area contributed by atoms with E-state index in [0.29, 0.717) is 18.8 Å². The zero-order valence-electron chi connectivity index (χ0n) is 11.2. The molecular weight excluding hydrogens is 246 g/mol. The van der Waals surface area contributed by atoms with Crippen molar-refractivity contribution in [3.63, 3.8) is 0 Å². The number of carbonyl (C=O) groups is 1. The Morgan fingerprint density at radius 3 is 2.79 bits per heavy atom. The van der Waals surface area contributed by atoms with Gasteiger partial charge in [0, 0.05) is 19.2 Å². The van der Waals surface area contributed by atoms with Gasteiger partial charge in [-0.05, 0) is 24.5 Å². The largest absolute Gasteiger partial charge is 0.507 e. The third-order valence-corrected chi connectivity index (χ3v) is 3.64. The summed E-state index contributed by atoms with van der Waals surface area (Å²) in [7, 11) is 1.50. The van der Waals surface area contributed by atoms with Gasteiger partial charge in [0.25, 0.3) is 5.91 Å². The Balaban J connectivity index is 2.16. The highest BCUT2D eigenvalue weighted by atomic mass is 16.5. The number of hydrogen-bond acceptors (Lipinski definition) is 4. The van der Waals surface area contributed by atoms with E-state index < -0.39 is 6.10 Å². The van der Waals surface area contributed by atoms with Crippen LogP contribution in [0.3, 0.4) is 0 Å². The Labute approximate surface area is 112 Å². The summed E-state index contributed by atoms with van der Waals surface area (Å²) < 4.78 is 4.98. The molecule has 1 saturated heterocycles. The average Bonchev–Trinajstić information content (AvgIpc) is 2.41. The van der Waals surface area contributed by atoms with Gasteiger partial charge in [-0.25, -0.2) is 0 Å². The van der Waals surface area contributed by atoms with Gasteiger partial charge in [-0.15, -0.1) is 0 Å². The fraction of sp³-hybridized carbons (Fsp3) is 0.500. The number of methoxy groups -OCH3 is 1. The van der Waals surface area contributed by atoms with E-state index in [2.05, 4.69) is 0 Å². The lowest BCUT2D eigenvalue weighted by molar-refractivity contribution is 0.0247. The molecule has 0 aromatic heterocycles. The molecule has 1 aromatic rings. The van der Waals surface area contributed by atoms with Crippen molar-refractivity contribution >= 4 is 5.91 Å². The van der Waals surface area contributed by atoms with E-state index in [4.69, 9.17) is 4.74 Å². The number of aromatic hydroxyl groups is 1. The molecule has 0 aliphatic carbocycles. The van der Waals surface area contributed by atoms with Gasteiger partial charge in [-0.3, -0.25) is 4.79 Å². The van der Waals surface area contributed by atoms with Gasteiger partial charge in [0.2, 0.25) is 0 Å². The monoisotopic (exact) mass is 265 g/mol. The van der Waals surface area contributed by atoms with Crippen LogP contribution in [-0.4, -0.2) is 47.3 Å². The van der Waals surface area contributed by atoms with Gasteiger partial charge in [0.15, 0.2) is 0 Å². The van der Waals surface area contributed by atoms with Crippen LogP contribution in [0.4, 0.5) is 0 Å². The van der Waals surface area contributed by atoms with Crippen molar-refractivity contribution in [1.82, 2.24) is 4.90 Å². The fourth-order valence-electron chi connectivity index (χ4n) is 2.22. The number of β-amino-alcohol motifs (C(OH)–C–C–N with tert-alkyl or cyclic N) is 1. The molecule has 1 aliphatic heterocycles. The number of hydrogen-bond donors (Lipinski definition) is 2. The molecule has 1 aliphatic rings. The Morgan fingerprint density at radius 2 is 2.21 bits per heavy atom. The number of phenols is 1. The van der Waals surface area contributed by atoms with E-state index in [1.807, 2.05) is 6.92 Å². The molecule has 0 spiro atoms. The van der Waals surface area contributed by atoms with Gasteiger partial charge in [0.1, 0.15) is 11.5 Å². The minimum Gasteiger partial charge on any atom is -0.507 e. The number of ether oxygens (including phenoxy) is 1. The highest BCUT2D eigenvalue weighted by molar-refractivity contribution is 5.97. The molecule has 2 N–H and O–H groups in total. The zero-order chi connectivity index (χ0) is 14.0. The van der Waals surface area contributed by atoms with Crippen LogP contribution >= 0.6 is 0 Å². The molecule has 2 rings (SSSR count). The predicted octanol–water partition coefficient (Wildman–Crippen LogP) is 1.24. The number of benzene rings is 1. The second-order valence-electron chi connectivity index (χ2n) is 4.97. The second-order valence-corrected chi connectivity index (χ2v) is 4.97. The Hall–Kier alpha value is -1.75. The maximum atomic E-state index is 12.3. The normalized spacial score (nSPS) is 23.2. The standard InChI is InChI=1S/C14H19NO4/c1-9-5-6-15(8-13(9)17)14(18)11-4-3-10(19-2)7-12(11)16/h3-4,7,9,13,16-17H,5-6,8H2,1-2H3. The lowest BCUT2D eigenvalue weighted by Gasteiger charge is -2.34. The van der Waals surface area contributed by atoms with E-state index in [-0.39, 0.29) is 23.1 Å². The SMILES string of the molecule is COc1ccc(C(=O)N2CCC(C)C(O)C2)c(O)c1. The van der Waals surface area contributed by atoms with E-state index >= 15 is 0 Å². The molecule has 0 radical (unpaired) electrons. The number of rotatable bonds is 2. The van der Waals surface area contributed by atoms with E-state index in [1.54, 1.807) is 17.0 Å². The lowest BCUT2D eigenvalue weighted by atomic mass is 9.95. The molecule has 5 nitrogen and oxygen atoms in total. The zero-order valence-corrected chi connectivity index (χ0v) is 11.2. The number of amides is 1. The summed E-state index contributed by atoms with van der Waals surface area (Å²) in [6.45, 7) is 2.88. The van der Waals surface area contributed by atoms with Crippen molar-refractivity contribution in [2.75, 3.05) is 20.2 Å². The summed E-state index contributed by atoms with van der Waals surface area (Å²) in [4.78, 5) is 13.9. The van der Waals surface area contributed by atoms with Crippen molar-refractivity contribution in [3.8, 4) is 11.5 Å². The lowest BCUT2D eigenvalue weighted by Crippen LogP contribution is -2.45. The first-order chi connectivity index (χ1) is 9.02. The van der Waals surface area contributed by atoms with Gasteiger partial charge >= 0.3 is 0 Å². The summed E-state index contributed by atoms with van der Waals surface area (Å²) in [6.07, 6.45) is 0.266. The minimum atomic E-state index is -0.502. The van der Waals surface area contributed by atoms with E-state index in [9.17, 15) is 15.0 Å². The number of aliphatic hydroxyl groups is 1. The molecule has 5 heteroatoms. The number of carbonyl (C=O) groups excluding carboxylic acids is 1. The quantitative estimate of drug-likeness (QED) is 0.844. The smallest absolute Gasteiger partial charge is 0.257 e. The third kappa shape index (κ3) is 2.81. The first-order valence-corrected chi connectivity index (χ1v) is 6.37. The minimum absolute atomic E-state index is 0.0996. The number of phenolic OH excluding ortho intramolecular Hbond substituents is 1. The molecule has 104 valence electrons. The number of piperidine rings is 1. The Kier molecular flexibility index (Phi) is 3.95. The fourth-order valence-corrected chi connectivity index (χ4v) is 2.22. The third-order valence-electron chi connectivity index (χ3n) is 3.64. The van der Waals surface area contributed by atoms with Crippen molar-refractivity contribution in [2.24, 2.45) is 5.92 Å². The van der Waals surface area contributed by atoms with Crippen LogP contribution in [0.5, 0.6) is 11.5 Å². The summed E-state index contributed by atoms with van der Waals surface area (Å²) in [5, 5.41) is 19.7. The molecule has 2 unspecified atom stereocenters. The topological polar surface area (TPSA) is 70.0 Å².